The largest absolute Gasteiger partial charge is 0.490 e. The van der Waals surface area contributed by atoms with Crippen molar-refractivity contribution in [2.24, 2.45) is 5.92 Å². The van der Waals surface area contributed by atoms with Crippen LogP contribution in [0.25, 0.3) is 0 Å². The van der Waals surface area contributed by atoms with Crippen molar-refractivity contribution in [1.29, 1.82) is 0 Å². The average Bonchev–Trinajstić information content (AvgIpc) is 2.37. The molecule has 1 unspecified atom stereocenters. The summed E-state index contributed by atoms with van der Waals surface area (Å²) < 4.78 is 34.2. The number of benzene rings is 1. The van der Waals surface area contributed by atoms with Crippen LogP contribution in [-0.2, 0) is 0 Å². The van der Waals surface area contributed by atoms with E-state index in [9.17, 15) is 13.9 Å². The number of ether oxygens (including phenoxy) is 2. The maximum Gasteiger partial charge on any atom is 0.387 e. The molecule has 0 amide bonds. The predicted molar refractivity (Wildman–Crippen MR) is 73.3 cm³/mol. The number of hydrogen-bond acceptors (Lipinski definition) is 3. The second-order valence-corrected chi connectivity index (χ2v) is 5.00. The number of halogens is 2. The summed E-state index contributed by atoms with van der Waals surface area (Å²) in [5.41, 5.74) is 0.649. The topological polar surface area (TPSA) is 38.7 Å². The lowest BCUT2D eigenvalue weighted by Crippen LogP contribution is -2.06. The van der Waals surface area contributed by atoms with Crippen LogP contribution in [0.1, 0.15) is 45.3 Å². The van der Waals surface area contributed by atoms with Gasteiger partial charge in [-0.1, -0.05) is 19.9 Å². The van der Waals surface area contributed by atoms with Crippen LogP contribution in [0.3, 0.4) is 0 Å². The van der Waals surface area contributed by atoms with E-state index in [-0.39, 0.29) is 11.5 Å². The van der Waals surface area contributed by atoms with Gasteiger partial charge >= 0.3 is 6.61 Å². The average molecular weight is 288 g/mol. The second kappa shape index (κ2) is 8.04. The highest BCUT2D eigenvalue weighted by Crippen LogP contribution is 2.33. The summed E-state index contributed by atoms with van der Waals surface area (Å²) in [5.74, 6) is 0.716. The third kappa shape index (κ3) is 5.33. The van der Waals surface area contributed by atoms with E-state index in [4.69, 9.17) is 4.74 Å². The highest BCUT2D eigenvalue weighted by Gasteiger charge is 2.15. The zero-order valence-electron chi connectivity index (χ0n) is 12.1. The molecule has 20 heavy (non-hydrogen) atoms. The maximum absolute atomic E-state index is 12.3. The first-order chi connectivity index (χ1) is 9.43. The smallest absolute Gasteiger partial charge is 0.387 e. The van der Waals surface area contributed by atoms with Crippen molar-refractivity contribution in [3.63, 3.8) is 0 Å². The van der Waals surface area contributed by atoms with Crippen LogP contribution in [0.5, 0.6) is 11.5 Å². The molecular formula is C15H22F2O3. The fourth-order valence-electron chi connectivity index (χ4n) is 1.85. The SMILES string of the molecule is CCOc1cc(C(O)CCC(C)C)ccc1OC(F)F. The zero-order chi connectivity index (χ0) is 15.1. The molecule has 0 aliphatic heterocycles. The van der Waals surface area contributed by atoms with E-state index >= 15 is 0 Å². The Labute approximate surface area is 118 Å². The van der Waals surface area contributed by atoms with E-state index in [0.717, 1.165) is 6.42 Å². The van der Waals surface area contributed by atoms with Crippen molar-refractivity contribution in [2.75, 3.05) is 6.61 Å². The standard InChI is InChI=1S/C15H22F2O3/c1-4-19-14-9-11(12(18)7-5-10(2)3)6-8-13(14)20-15(16)17/h6,8-10,12,15,18H,4-5,7H2,1-3H3. The maximum atomic E-state index is 12.3. The molecule has 0 aliphatic rings. The van der Waals surface area contributed by atoms with E-state index in [0.29, 0.717) is 24.5 Å². The molecule has 114 valence electrons. The Morgan fingerprint density at radius 2 is 1.85 bits per heavy atom. The highest BCUT2D eigenvalue weighted by atomic mass is 19.3. The van der Waals surface area contributed by atoms with Crippen LogP contribution < -0.4 is 9.47 Å². The van der Waals surface area contributed by atoms with Gasteiger partial charge in [0.15, 0.2) is 11.5 Å². The molecule has 1 aromatic carbocycles. The van der Waals surface area contributed by atoms with Gasteiger partial charge in [0.1, 0.15) is 0 Å². The van der Waals surface area contributed by atoms with Crippen LogP contribution in [-0.4, -0.2) is 18.3 Å². The number of aliphatic hydroxyl groups excluding tert-OH is 1. The molecule has 0 saturated heterocycles. The lowest BCUT2D eigenvalue weighted by molar-refractivity contribution is -0.0514. The van der Waals surface area contributed by atoms with Gasteiger partial charge in [0.2, 0.25) is 0 Å². The van der Waals surface area contributed by atoms with Gasteiger partial charge in [0.05, 0.1) is 12.7 Å². The molecule has 0 bridgehead atoms. The first kappa shape index (κ1) is 16.7. The Bertz CT molecular complexity index is 408. The summed E-state index contributed by atoms with van der Waals surface area (Å²) in [6.45, 7) is 3.36. The molecule has 1 N–H and O–H groups in total. The quantitative estimate of drug-likeness (QED) is 0.780. The minimum atomic E-state index is -2.90. The molecule has 0 aliphatic carbocycles. The summed E-state index contributed by atoms with van der Waals surface area (Å²) in [6, 6.07) is 4.56. The Balaban J connectivity index is 2.85. The van der Waals surface area contributed by atoms with Crippen LogP contribution in [0.15, 0.2) is 18.2 Å². The van der Waals surface area contributed by atoms with Crippen molar-refractivity contribution in [1.82, 2.24) is 0 Å². The van der Waals surface area contributed by atoms with Gasteiger partial charge in [0, 0.05) is 0 Å². The number of aliphatic hydroxyl groups is 1. The van der Waals surface area contributed by atoms with E-state index in [1.165, 1.54) is 6.07 Å². The minimum Gasteiger partial charge on any atom is -0.490 e. The molecule has 0 aromatic heterocycles. The lowest BCUT2D eigenvalue weighted by atomic mass is 9.99. The fourth-order valence-corrected chi connectivity index (χ4v) is 1.85. The number of rotatable bonds is 8. The lowest BCUT2D eigenvalue weighted by Gasteiger charge is -2.16. The van der Waals surface area contributed by atoms with Gasteiger partial charge in [-0.3, -0.25) is 0 Å². The molecule has 3 nitrogen and oxygen atoms in total. The molecule has 0 spiro atoms. The Kier molecular flexibility index (Phi) is 6.71. The van der Waals surface area contributed by atoms with E-state index in [1.807, 2.05) is 0 Å². The van der Waals surface area contributed by atoms with Crippen molar-refractivity contribution >= 4 is 0 Å². The molecule has 0 heterocycles. The number of alkyl halides is 2. The summed E-state index contributed by atoms with van der Waals surface area (Å²) in [4.78, 5) is 0. The summed E-state index contributed by atoms with van der Waals surface area (Å²) >= 11 is 0. The van der Waals surface area contributed by atoms with Crippen LogP contribution in [0, 0.1) is 5.92 Å². The van der Waals surface area contributed by atoms with Crippen molar-refractivity contribution < 1.29 is 23.4 Å². The van der Waals surface area contributed by atoms with Crippen LogP contribution >= 0.6 is 0 Å². The third-order valence-electron chi connectivity index (χ3n) is 2.89. The fraction of sp³-hybridized carbons (Fsp3) is 0.600. The van der Waals surface area contributed by atoms with Crippen molar-refractivity contribution in [3.05, 3.63) is 23.8 Å². The van der Waals surface area contributed by atoms with E-state index in [1.54, 1.807) is 19.1 Å². The molecule has 1 aromatic rings. The molecule has 1 rings (SSSR count). The third-order valence-corrected chi connectivity index (χ3v) is 2.89. The van der Waals surface area contributed by atoms with Gasteiger partial charge in [-0.2, -0.15) is 8.78 Å². The van der Waals surface area contributed by atoms with Gasteiger partial charge in [-0.05, 0) is 43.4 Å². The van der Waals surface area contributed by atoms with Crippen molar-refractivity contribution in [3.8, 4) is 11.5 Å². The summed E-state index contributed by atoms with van der Waals surface area (Å²) in [7, 11) is 0. The van der Waals surface area contributed by atoms with Crippen LogP contribution in [0.2, 0.25) is 0 Å². The highest BCUT2D eigenvalue weighted by molar-refractivity contribution is 5.43. The zero-order valence-corrected chi connectivity index (χ0v) is 12.1. The van der Waals surface area contributed by atoms with Crippen LogP contribution in [0.4, 0.5) is 8.78 Å². The first-order valence-electron chi connectivity index (χ1n) is 6.83. The molecule has 1 atom stereocenters. The van der Waals surface area contributed by atoms with Gasteiger partial charge in [-0.25, -0.2) is 0 Å². The van der Waals surface area contributed by atoms with Gasteiger partial charge < -0.3 is 14.6 Å². The Hall–Kier alpha value is -1.36. The minimum absolute atomic E-state index is 0.0124. The monoisotopic (exact) mass is 288 g/mol. The summed E-state index contributed by atoms with van der Waals surface area (Å²) in [6.07, 6.45) is 0.885. The van der Waals surface area contributed by atoms with Crippen molar-refractivity contribution in [2.45, 2.75) is 46.3 Å². The molecule has 0 radical (unpaired) electrons. The molecule has 5 heteroatoms. The predicted octanol–water partition coefficient (Wildman–Crippen LogP) is 4.16. The second-order valence-electron chi connectivity index (χ2n) is 5.00. The Morgan fingerprint density at radius 1 is 1.15 bits per heavy atom. The first-order valence-corrected chi connectivity index (χ1v) is 6.83. The normalized spacial score (nSPS) is 12.8. The van der Waals surface area contributed by atoms with Gasteiger partial charge in [0.25, 0.3) is 0 Å². The number of hydrogen-bond donors (Lipinski definition) is 1. The van der Waals surface area contributed by atoms with E-state index < -0.39 is 12.7 Å². The van der Waals surface area contributed by atoms with E-state index in [2.05, 4.69) is 18.6 Å². The molecule has 0 fully saturated rings. The van der Waals surface area contributed by atoms with Gasteiger partial charge in [-0.15, -0.1) is 0 Å². The summed E-state index contributed by atoms with van der Waals surface area (Å²) in [5, 5.41) is 10.1. The Morgan fingerprint density at radius 3 is 2.40 bits per heavy atom. The molecule has 0 saturated carbocycles. The molecular weight excluding hydrogens is 266 g/mol.